The second-order valence-electron chi connectivity index (χ2n) is 4.51. The van der Waals surface area contributed by atoms with E-state index in [9.17, 15) is 0 Å². The van der Waals surface area contributed by atoms with Crippen LogP contribution in [0.3, 0.4) is 0 Å². The van der Waals surface area contributed by atoms with Gasteiger partial charge in [0.25, 0.3) is 5.95 Å². The second-order valence-corrected chi connectivity index (χ2v) is 4.51. The van der Waals surface area contributed by atoms with Crippen LogP contribution < -0.4 is 10.6 Å². The molecule has 0 unspecified atom stereocenters. The zero-order valence-electron chi connectivity index (χ0n) is 9.19. The fraction of sp³-hybridized carbons (Fsp3) is 0.800. The van der Waals surface area contributed by atoms with Crippen molar-refractivity contribution in [1.82, 2.24) is 10.1 Å². The van der Waals surface area contributed by atoms with Gasteiger partial charge in [-0.05, 0) is 24.4 Å². The first-order valence-electron chi connectivity index (χ1n) is 5.74. The highest BCUT2D eigenvalue weighted by Crippen LogP contribution is 2.38. The molecule has 3 rings (SSSR count). The highest BCUT2D eigenvalue weighted by atomic mass is 16.5. The lowest BCUT2D eigenvalue weighted by Gasteiger charge is -2.33. The summed E-state index contributed by atoms with van der Waals surface area (Å²) in [5.74, 6) is 1.23. The Morgan fingerprint density at radius 3 is 2.62 bits per heavy atom. The summed E-state index contributed by atoms with van der Waals surface area (Å²) in [6.45, 7) is 3.07. The van der Waals surface area contributed by atoms with Crippen molar-refractivity contribution in [2.45, 2.75) is 24.8 Å². The molecule has 2 heterocycles. The normalized spacial score (nSPS) is 24.2. The standard InChI is InChI=1S/C10H16N4O2/c11-10(2-1-3-10)8-12-9(13-16-8)14-4-6-15-7-5-14/h1-7,11H2. The zero-order chi connectivity index (χ0) is 11.0. The lowest BCUT2D eigenvalue weighted by molar-refractivity contribution is 0.121. The third-order valence-corrected chi connectivity index (χ3v) is 3.38. The Balaban J connectivity index is 1.76. The molecule has 0 radical (unpaired) electrons. The lowest BCUT2D eigenvalue weighted by Crippen LogP contribution is -2.43. The first-order chi connectivity index (χ1) is 7.78. The summed E-state index contributed by atoms with van der Waals surface area (Å²) < 4.78 is 10.5. The quantitative estimate of drug-likeness (QED) is 0.775. The summed E-state index contributed by atoms with van der Waals surface area (Å²) in [6.07, 6.45) is 3.03. The summed E-state index contributed by atoms with van der Waals surface area (Å²) >= 11 is 0. The van der Waals surface area contributed by atoms with Crippen molar-refractivity contribution in [2.24, 2.45) is 5.73 Å². The minimum Gasteiger partial charge on any atom is -0.378 e. The summed E-state index contributed by atoms with van der Waals surface area (Å²) in [4.78, 5) is 6.46. The lowest BCUT2D eigenvalue weighted by atomic mass is 9.78. The van der Waals surface area contributed by atoms with Gasteiger partial charge in [-0.25, -0.2) is 0 Å². The van der Waals surface area contributed by atoms with Gasteiger partial charge in [0.1, 0.15) is 0 Å². The van der Waals surface area contributed by atoms with Crippen LogP contribution in [0.5, 0.6) is 0 Å². The van der Waals surface area contributed by atoms with E-state index in [1.54, 1.807) is 0 Å². The fourth-order valence-corrected chi connectivity index (χ4v) is 2.08. The van der Waals surface area contributed by atoms with Gasteiger partial charge in [-0.2, -0.15) is 4.98 Å². The van der Waals surface area contributed by atoms with Crippen LogP contribution in [0.1, 0.15) is 25.2 Å². The van der Waals surface area contributed by atoms with Crippen LogP contribution in [0.15, 0.2) is 4.52 Å². The van der Waals surface area contributed by atoms with Crippen molar-refractivity contribution < 1.29 is 9.26 Å². The molecule has 0 amide bonds. The number of anilines is 1. The predicted octanol–water partition coefficient (Wildman–Crippen LogP) is 0.244. The number of hydrogen-bond acceptors (Lipinski definition) is 6. The number of rotatable bonds is 2. The van der Waals surface area contributed by atoms with Crippen LogP contribution in [0.4, 0.5) is 5.95 Å². The van der Waals surface area contributed by atoms with Gasteiger partial charge in [0.05, 0.1) is 18.8 Å². The van der Waals surface area contributed by atoms with Crippen molar-refractivity contribution in [3.05, 3.63) is 5.89 Å². The molecule has 0 bridgehead atoms. The van der Waals surface area contributed by atoms with E-state index in [1.807, 2.05) is 0 Å². The fourth-order valence-electron chi connectivity index (χ4n) is 2.08. The molecule has 88 valence electrons. The molecule has 1 aromatic heterocycles. The Morgan fingerprint density at radius 1 is 1.25 bits per heavy atom. The van der Waals surface area contributed by atoms with Gasteiger partial charge in [-0.1, -0.05) is 0 Å². The molecule has 0 atom stereocenters. The van der Waals surface area contributed by atoms with E-state index in [4.69, 9.17) is 15.0 Å². The number of hydrogen-bond donors (Lipinski definition) is 1. The van der Waals surface area contributed by atoms with E-state index in [2.05, 4.69) is 15.0 Å². The highest BCUT2D eigenvalue weighted by Gasteiger charge is 2.40. The Bertz CT molecular complexity index is 369. The van der Waals surface area contributed by atoms with Gasteiger partial charge < -0.3 is 19.9 Å². The Labute approximate surface area is 93.7 Å². The average molecular weight is 224 g/mol. The molecule has 1 aliphatic heterocycles. The van der Waals surface area contributed by atoms with Gasteiger partial charge in [-0.15, -0.1) is 0 Å². The molecule has 6 nitrogen and oxygen atoms in total. The van der Waals surface area contributed by atoms with Crippen LogP contribution in [0.25, 0.3) is 0 Å². The third kappa shape index (κ3) is 1.58. The molecule has 0 spiro atoms. The third-order valence-electron chi connectivity index (χ3n) is 3.38. The van der Waals surface area contributed by atoms with Crippen LogP contribution in [0, 0.1) is 0 Å². The number of nitrogens with zero attached hydrogens (tertiary/aromatic N) is 3. The molecule has 1 aromatic rings. The van der Waals surface area contributed by atoms with Crippen molar-refractivity contribution in [1.29, 1.82) is 0 Å². The number of ether oxygens (including phenoxy) is 1. The SMILES string of the molecule is NC1(c2nc(N3CCOCC3)no2)CCC1. The largest absolute Gasteiger partial charge is 0.378 e. The van der Waals surface area contributed by atoms with Crippen LogP contribution in [-0.2, 0) is 10.3 Å². The van der Waals surface area contributed by atoms with Gasteiger partial charge in [-0.3, -0.25) is 0 Å². The predicted molar refractivity (Wildman–Crippen MR) is 57.0 cm³/mol. The smallest absolute Gasteiger partial charge is 0.266 e. The molecule has 1 saturated carbocycles. The number of aromatic nitrogens is 2. The van der Waals surface area contributed by atoms with E-state index in [-0.39, 0.29) is 5.54 Å². The van der Waals surface area contributed by atoms with E-state index in [0.29, 0.717) is 11.8 Å². The van der Waals surface area contributed by atoms with E-state index >= 15 is 0 Å². The van der Waals surface area contributed by atoms with Crippen LogP contribution >= 0.6 is 0 Å². The summed E-state index contributed by atoms with van der Waals surface area (Å²) in [7, 11) is 0. The summed E-state index contributed by atoms with van der Waals surface area (Å²) in [5.41, 5.74) is 5.76. The molecule has 6 heteroatoms. The average Bonchev–Trinajstić information content (AvgIpc) is 2.77. The molecule has 2 N–H and O–H groups in total. The van der Waals surface area contributed by atoms with E-state index in [1.165, 1.54) is 0 Å². The molecule has 1 aliphatic carbocycles. The van der Waals surface area contributed by atoms with Crippen molar-refractivity contribution in [2.75, 3.05) is 31.2 Å². The maximum atomic E-state index is 6.13. The van der Waals surface area contributed by atoms with E-state index in [0.717, 1.165) is 45.6 Å². The second kappa shape index (κ2) is 3.71. The van der Waals surface area contributed by atoms with Crippen molar-refractivity contribution >= 4 is 5.95 Å². The van der Waals surface area contributed by atoms with Gasteiger partial charge in [0, 0.05) is 13.1 Å². The Kier molecular flexibility index (Phi) is 2.33. The van der Waals surface area contributed by atoms with E-state index < -0.39 is 0 Å². The van der Waals surface area contributed by atoms with Gasteiger partial charge >= 0.3 is 0 Å². The molecule has 16 heavy (non-hydrogen) atoms. The van der Waals surface area contributed by atoms with Crippen LogP contribution in [-0.4, -0.2) is 36.4 Å². The topological polar surface area (TPSA) is 77.4 Å². The molecule has 0 aromatic carbocycles. The summed E-state index contributed by atoms with van der Waals surface area (Å²) in [5, 5.41) is 3.99. The van der Waals surface area contributed by atoms with Crippen molar-refractivity contribution in [3.8, 4) is 0 Å². The highest BCUT2D eigenvalue weighted by molar-refractivity contribution is 5.29. The molecular formula is C10H16N4O2. The van der Waals surface area contributed by atoms with Crippen molar-refractivity contribution in [3.63, 3.8) is 0 Å². The Morgan fingerprint density at radius 2 is 2.00 bits per heavy atom. The molecule has 2 aliphatic rings. The molecule has 1 saturated heterocycles. The number of nitrogens with two attached hydrogens (primary N) is 1. The van der Waals surface area contributed by atoms with Gasteiger partial charge in [0.2, 0.25) is 5.89 Å². The Hall–Kier alpha value is -1.14. The first-order valence-corrected chi connectivity index (χ1v) is 5.74. The summed E-state index contributed by atoms with van der Waals surface area (Å²) in [6, 6.07) is 0. The first kappa shape index (κ1) is 10.0. The minimum atomic E-state index is -0.364. The zero-order valence-corrected chi connectivity index (χ0v) is 9.19. The molecule has 2 fully saturated rings. The monoisotopic (exact) mass is 224 g/mol. The molecular weight excluding hydrogens is 208 g/mol. The van der Waals surface area contributed by atoms with Crippen LogP contribution in [0.2, 0.25) is 0 Å². The maximum Gasteiger partial charge on any atom is 0.266 e. The minimum absolute atomic E-state index is 0.364. The maximum absolute atomic E-state index is 6.13. The van der Waals surface area contributed by atoms with Gasteiger partial charge in [0.15, 0.2) is 0 Å². The number of morpholine rings is 1.